The molecule has 1 heterocycles. The molecule has 0 spiro atoms. The first-order valence-corrected chi connectivity index (χ1v) is 8.82. The minimum Gasteiger partial charge on any atom is -0.478 e. The van der Waals surface area contributed by atoms with Gasteiger partial charge in [0, 0.05) is 0 Å². The predicted octanol–water partition coefficient (Wildman–Crippen LogP) is 0.175. The summed E-state index contributed by atoms with van der Waals surface area (Å²) in [5, 5.41) is 0. The van der Waals surface area contributed by atoms with Gasteiger partial charge in [0.2, 0.25) is 5.91 Å². The second-order valence-corrected chi connectivity index (χ2v) is 7.50. The molecule has 1 fully saturated rings. The first kappa shape index (κ1) is 17.2. The van der Waals surface area contributed by atoms with Crippen LogP contribution in [0.5, 0.6) is 5.75 Å². The number of hydrogen-bond acceptors (Lipinski definition) is 5. The molecule has 1 aromatic carbocycles. The third-order valence-corrected chi connectivity index (χ3v) is 5.19. The van der Waals surface area contributed by atoms with E-state index in [1.54, 1.807) is 6.07 Å². The fraction of sp³-hybridized carbons (Fsp3) is 0.429. The van der Waals surface area contributed by atoms with Crippen molar-refractivity contribution in [2.24, 2.45) is 5.92 Å². The zero-order chi connectivity index (χ0) is 17.0. The van der Waals surface area contributed by atoms with Gasteiger partial charge in [-0.3, -0.25) is 20.4 Å². The van der Waals surface area contributed by atoms with Crippen molar-refractivity contribution in [3.05, 3.63) is 30.1 Å². The van der Waals surface area contributed by atoms with Gasteiger partial charge in [-0.2, -0.15) is 0 Å². The molecular formula is C14H17FN2O5S. The van der Waals surface area contributed by atoms with Crippen LogP contribution in [0.2, 0.25) is 0 Å². The average molecular weight is 344 g/mol. The number of rotatable bonds is 4. The first-order valence-electron chi connectivity index (χ1n) is 7.00. The number of carbonyl (C=O) groups is 2. The van der Waals surface area contributed by atoms with Crippen LogP contribution in [-0.2, 0) is 19.4 Å². The highest BCUT2D eigenvalue weighted by atomic mass is 32.2. The molecule has 23 heavy (non-hydrogen) atoms. The largest absolute Gasteiger partial charge is 0.478 e. The van der Waals surface area contributed by atoms with Crippen molar-refractivity contribution in [2.75, 3.05) is 11.5 Å². The summed E-state index contributed by atoms with van der Waals surface area (Å²) in [5.41, 5.74) is 4.31. The number of para-hydroxylation sites is 1. The monoisotopic (exact) mass is 344 g/mol. The maximum atomic E-state index is 13.4. The summed E-state index contributed by atoms with van der Waals surface area (Å²) in [7, 11) is -3.18. The molecule has 1 aliphatic heterocycles. The number of nitrogens with one attached hydrogen (secondary N) is 2. The Kier molecular flexibility index (Phi) is 5.19. The van der Waals surface area contributed by atoms with E-state index in [9.17, 15) is 22.4 Å². The summed E-state index contributed by atoms with van der Waals surface area (Å²) >= 11 is 0. The van der Waals surface area contributed by atoms with Crippen LogP contribution in [0.15, 0.2) is 24.3 Å². The van der Waals surface area contributed by atoms with Crippen molar-refractivity contribution >= 4 is 21.7 Å². The number of benzene rings is 1. The zero-order valence-electron chi connectivity index (χ0n) is 12.4. The van der Waals surface area contributed by atoms with Crippen LogP contribution in [0, 0.1) is 11.7 Å². The Hall–Kier alpha value is -2.16. The lowest BCUT2D eigenvalue weighted by atomic mass is 10.1. The average Bonchev–Trinajstić information content (AvgIpc) is 2.87. The molecule has 2 amide bonds. The van der Waals surface area contributed by atoms with Crippen LogP contribution in [0.3, 0.4) is 0 Å². The molecule has 7 nitrogen and oxygen atoms in total. The molecule has 0 saturated carbocycles. The third kappa shape index (κ3) is 4.65. The lowest BCUT2D eigenvalue weighted by molar-refractivity contribution is -0.134. The summed E-state index contributed by atoms with van der Waals surface area (Å²) in [6.45, 7) is 1.40. The van der Waals surface area contributed by atoms with E-state index in [4.69, 9.17) is 4.74 Å². The molecule has 0 bridgehead atoms. The maximum Gasteiger partial charge on any atom is 0.279 e. The standard InChI is InChI=1S/C14H17FN2O5S/c1-9(22-12-5-3-2-4-11(12)15)13(18)16-17-14(19)10-6-7-23(20,21)8-10/h2-5,9-10H,6-8H2,1H3,(H,16,18)(H,17,19)/t9-,10+/m0/s1. The zero-order valence-corrected chi connectivity index (χ0v) is 13.2. The predicted molar refractivity (Wildman–Crippen MR) is 79.5 cm³/mol. The minimum absolute atomic E-state index is 0.0359. The van der Waals surface area contributed by atoms with E-state index in [0.717, 1.165) is 0 Å². The molecule has 9 heteroatoms. The lowest BCUT2D eigenvalue weighted by Crippen LogP contribution is -2.49. The van der Waals surface area contributed by atoms with Gasteiger partial charge in [0.15, 0.2) is 27.5 Å². The molecule has 2 rings (SSSR count). The van der Waals surface area contributed by atoms with Crippen LogP contribution < -0.4 is 15.6 Å². The van der Waals surface area contributed by atoms with E-state index in [2.05, 4.69) is 10.9 Å². The summed E-state index contributed by atoms with van der Waals surface area (Å²) < 4.78 is 41.2. The molecule has 0 aliphatic carbocycles. The molecule has 1 saturated heterocycles. The Morgan fingerprint density at radius 3 is 2.61 bits per heavy atom. The van der Waals surface area contributed by atoms with E-state index < -0.39 is 39.5 Å². The van der Waals surface area contributed by atoms with Gasteiger partial charge in [-0.1, -0.05) is 12.1 Å². The Bertz CT molecular complexity index is 707. The third-order valence-electron chi connectivity index (χ3n) is 3.42. The summed E-state index contributed by atoms with van der Waals surface area (Å²) in [6, 6.07) is 5.62. The highest BCUT2D eigenvalue weighted by molar-refractivity contribution is 7.91. The van der Waals surface area contributed by atoms with E-state index in [-0.39, 0.29) is 23.7 Å². The van der Waals surface area contributed by atoms with Gasteiger partial charge in [-0.05, 0) is 25.5 Å². The fourth-order valence-corrected chi connectivity index (χ4v) is 3.85. The lowest BCUT2D eigenvalue weighted by Gasteiger charge is -2.16. The Morgan fingerprint density at radius 1 is 1.30 bits per heavy atom. The molecule has 1 aromatic rings. The van der Waals surface area contributed by atoms with Gasteiger partial charge in [-0.25, -0.2) is 12.8 Å². The van der Waals surface area contributed by atoms with Crippen LogP contribution in [0.1, 0.15) is 13.3 Å². The van der Waals surface area contributed by atoms with Gasteiger partial charge in [0.1, 0.15) is 0 Å². The number of hydrogen-bond donors (Lipinski definition) is 2. The van der Waals surface area contributed by atoms with Crippen LogP contribution in [0.4, 0.5) is 4.39 Å². The molecule has 126 valence electrons. The second-order valence-electron chi connectivity index (χ2n) is 5.27. The fourth-order valence-electron chi connectivity index (χ4n) is 2.11. The number of ether oxygens (including phenoxy) is 1. The quantitative estimate of drug-likeness (QED) is 0.759. The number of carbonyl (C=O) groups excluding carboxylic acids is 2. The van der Waals surface area contributed by atoms with Crippen molar-refractivity contribution in [2.45, 2.75) is 19.4 Å². The highest BCUT2D eigenvalue weighted by Crippen LogP contribution is 2.18. The summed E-state index contributed by atoms with van der Waals surface area (Å²) in [5.74, 6) is -2.87. The molecule has 0 aromatic heterocycles. The minimum atomic E-state index is -3.18. The Morgan fingerprint density at radius 2 is 2.00 bits per heavy atom. The molecule has 0 unspecified atom stereocenters. The molecule has 1 aliphatic rings. The summed E-state index contributed by atoms with van der Waals surface area (Å²) in [6.07, 6.45) is -0.815. The maximum absolute atomic E-state index is 13.4. The van der Waals surface area contributed by atoms with Gasteiger partial charge < -0.3 is 4.74 Å². The Labute approximate surface area is 133 Å². The highest BCUT2D eigenvalue weighted by Gasteiger charge is 2.33. The first-order chi connectivity index (χ1) is 10.8. The van der Waals surface area contributed by atoms with Gasteiger partial charge in [0.25, 0.3) is 5.91 Å². The van der Waals surface area contributed by atoms with Crippen LogP contribution in [-0.4, -0.2) is 37.8 Å². The summed E-state index contributed by atoms with van der Waals surface area (Å²) in [4.78, 5) is 23.6. The normalized spacial score (nSPS) is 20.5. The van der Waals surface area contributed by atoms with Crippen LogP contribution >= 0.6 is 0 Å². The van der Waals surface area contributed by atoms with E-state index in [1.165, 1.54) is 25.1 Å². The number of sulfone groups is 1. The van der Waals surface area contributed by atoms with E-state index >= 15 is 0 Å². The Balaban J connectivity index is 1.82. The molecule has 0 radical (unpaired) electrons. The van der Waals surface area contributed by atoms with Crippen molar-refractivity contribution in [1.29, 1.82) is 0 Å². The van der Waals surface area contributed by atoms with E-state index in [1.807, 2.05) is 0 Å². The number of hydrazine groups is 1. The molecular weight excluding hydrogens is 327 g/mol. The topological polar surface area (TPSA) is 102 Å². The van der Waals surface area contributed by atoms with Crippen LogP contribution in [0.25, 0.3) is 0 Å². The smallest absolute Gasteiger partial charge is 0.279 e. The van der Waals surface area contributed by atoms with Crippen molar-refractivity contribution in [3.8, 4) is 5.75 Å². The van der Waals surface area contributed by atoms with Gasteiger partial charge in [-0.15, -0.1) is 0 Å². The van der Waals surface area contributed by atoms with Crippen molar-refractivity contribution in [1.82, 2.24) is 10.9 Å². The van der Waals surface area contributed by atoms with Gasteiger partial charge >= 0.3 is 0 Å². The number of halogens is 1. The second kappa shape index (κ2) is 6.95. The SMILES string of the molecule is C[C@H](Oc1ccccc1F)C(=O)NNC(=O)[C@@H]1CCS(=O)(=O)C1. The molecule has 2 atom stereocenters. The van der Waals surface area contributed by atoms with Crippen molar-refractivity contribution in [3.63, 3.8) is 0 Å². The van der Waals surface area contributed by atoms with E-state index in [0.29, 0.717) is 0 Å². The number of amides is 2. The van der Waals surface area contributed by atoms with Crippen molar-refractivity contribution < 1.29 is 27.1 Å². The molecule has 2 N–H and O–H groups in total. The van der Waals surface area contributed by atoms with Gasteiger partial charge in [0.05, 0.1) is 17.4 Å².